The van der Waals surface area contributed by atoms with E-state index in [9.17, 15) is 0 Å². The molecule has 0 bridgehead atoms. The molecule has 1 aromatic carbocycles. The lowest BCUT2D eigenvalue weighted by Crippen LogP contribution is -1.97. The van der Waals surface area contributed by atoms with Gasteiger partial charge in [-0.15, -0.1) is 0 Å². The predicted octanol–water partition coefficient (Wildman–Crippen LogP) is 3.71. The van der Waals surface area contributed by atoms with Gasteiger partial charge in [0.2, 0.25) is 0 Å². The molecule has 0 fully saturated rings. The average molecular weight is 198 g/mol. The molecule has 0 aliphatic heterocycles. The van der Waals surface area contributed by atoms with Gasteiger partial charge >= 0.3 is 0 Å². The lowest BCUT2D eigenvalue weighted by atomic mass is 10.3. The molecule has 0 spiro atoms. The largest absolute Gasteiger partial charge is 0.492 e. The molecule has 0 saturated heterocycles. The molecule has 0 amide bonds. The van der Waals surface area contributed by atoms with E-state index in [1.807, 2.05) is 0 Å². The van der Waals surface area contributed by atoms with E-state index >= 15 is 0 Å². The molecule has 0 aliphatic carbocycles. The topological polar surface area (TPSA) is 9.23 Å². The van der Waals surface area contributed by atoms with Gasteiger partial charge in [0.05, 0.1) is 11.6 Å². The molecule has 0 heterocycles. The fraction of sp³-hybridized carbons (Fsp3) is 0.455. The van der Waals surface area contributed by atoms with Gasteiger partial charge in [-0.2, -0.15) is 0 Å². The van der Waals surface area contributed by atoms with Crippen LogP contribution in [0.4, 0.5) is 0 Å². The van der Waals surface area contributed by atoms with Crippen LogP contribution in [-0.4, -0.2) is 6.61 Å². The highest BCUT2D eigenvalue weighted by Crippen LogP contribution is 2.22. The normalized spacial score (nSPS) is 10.0. The molecule has 0 aromatic heterocycles. The van der Waals surface area contributed by atoms with Crippen molar-refractivity contribution in [3.8, 4) is 5.75 Å². The van der Waals surface area contributed by atoms with Crippen LogP contribution < -0.4 is 4.74 Å². The van der Waals surface area contributed by atoms with E-state index in [0.717, 1.165) is 18.8 Å². The zero-order chi connectivity index (χ0) is 9.52. The summed E-state index contributed by atoms with van der Waals surface area (Å²) in [5.41, 5.74) is 0. The van der Waals surface area contributed by atoms with Crippen molar-refractivity contribution in [3.63, 3.8) is 0 Å². The van der Waals surface area contributed by atoms with Crippen molar-refractivity contribution in [2.75, 3.05) is 6.61 Å². The maximum atomic E-state index is 5.89. The maximum Gasteiger partial charge on any atom is 0.138 e. The van der Waals surface area contributed by atoms with Crippen molar-refractivity contribution < 1.29 is 4.74 Å². The zero-order valence-corrected chi connectivity index (χ0v) is 8.60. The number of halogens is 1. The second-order valence-electron chi connectivity index (χ2n) is 2.91. The minimum absolute atomic E-state index is 0.662. The number of unbranched alkanes of at least 4 members (excludes halogenated alkanes) is 2. The number of rotatable bonds is 5. The Morgan fingerprint density at radius 3 is 3.00 bits per heavy atom. The molecule has 1 aromatic rings. The molecule has 0 saturated carbocycles. The van der Waals surface area contributed by atoms with Crippen LogP contribution in [0.2, 0.25) is 5.02 Å². The van der Waals surface area contributed by atoms with E-state index in [1.54, 1.807) is 18.2 Å². The molecule has 1 rings (SSSR count). The van der Waals surface area contributed by atoms with Crippen molar-refractivity contribution in [1.29, 1.82) is 0 Å². The predicted molar refractivity (Wildman–Crippen MR) is 55.3 cm³/mol. The van der Waals surface area contributed by atoms with Gasteiger partial charge in [-0.3, -0.25) is 0 Å². The first kappa shape index (κ1) is 10.4. The number of hydrogen-bond acceptors (Lipinski definition) is 1. The molecule has 0 unspecified atom stereocenters. The van der Waals surface area contributed by atoms with Gasteiger partial charge in [-0.05, 0) is 24.6 Å². The zero-order valence-electron chi connectivity index (χ0n) is 7.85. The Balaban J connectivity index is 2.32. The van der Waals surface area contributed by atoms with E-state index in [1.165, 1.54) is 12.8 Å². The Morgan fingerprint density at radius 1 is 1.46 bits per heavy atom. The Bertz CT molecular complexity index is 248. The Kier molecular flexibility index (Phi) is 4.69. The second-order valence-corrected chi connectivity index (χ2v) is 3.32. The lowest BCUT2D eigenvalue weighted by Gasteiger charge is -2.06. The van der Waals surface area contributed by atoms with Crippen LogP contribution in [0.15, 0.2) is 18.2 Å². The van der Waals surface area contributed by atoms with Gasteiger partial charge in [-0.25, -0.2) is 0 Å². The van der Waals surface area contributed by atoms with Crippen LogP contribution in [-0.2, 0) is 0 Å². The fourth-order valence-electron chi connectivity index (χ4n) is 1.04. The van der Waals surface area contributed by atoms with E-state index in [-0.39, 0.29) is 0 Å². The molecule has 0 atom stereocenters. The molecule has 1 nitrogen and oxygen atoms in total. The van der Waals surface area contributed by atoms with Gasteiger partial charge in [0.15, 0.2) is 0 Å². The monoisotopic (exact) mass is 197 g/mol. The smallest absolute Gasteiger partial charge is 0.138 e. The summed E-state index contributed by atoms with van der Waals surface area (Å²) in [5.74, 6) is 0.736. The molecule has 2 heteroatoms. The van der Waals surface area contributed by atoms with Crippen molar-refractivity contribution >= 4 is 11.6 Å². The summed E-state index contributed by atoms with van der Waals surface area (Å²) in [6.45, 7) is 2.91. The first-order valence-corrected chi connectivity index (χ1v) is 5.00. The summed E-state index contributed by atoms with van der Waals surface area (Å²) >= 11 is 5.89. The van der Waals surface area contributed by atoms with Gasteiger partial charge in [0.1, 0.15) is 5.75 Å². The molecular formula is C11H14ClO. The summed E-state index contributed by atoms with van der Waals surface area (Å²) < 4.78 is 5.48. The Labute approximate surface area is 84.7 Å². The van der Waals surface area contributed by atoms with E-state index in [4.69, 9.17) is 16.3 Å². The van der Waals surface area contributed by atoms with Crippen LogP contribution >= 0.6 is 11.6 Å². The third kappa shape index (κ3) is 3.69. The first-order valence-electron chi connectivity index (χ1n) is 4.63. The van der Waals surface area contributed by atoms with Crippen molar-refractivity contribution in [1.82, 2.24) is 0 Å². The fourth-order valence-corrected chi connectivity index (χ4v) is 1.21. The standard InChI is InChI=1S/C11H14ClO/c1-2-3-6-9-13-11-8-5-4-7-10(11)12/h4,7-8H,2-3,6,9H2,1H3. The average Bonchev–Trinajstić information content (AvgIpc) is 2.15. The molecule has 1 radical (unpaired) electrons. The van der Waals surface area contributed by atoms with Crippen LogP contribution in [0, 0.1) is 6.07 Å². The third-order valence-corrected chi connectivity index (χ3v) is 2.09. The van der Waals surface area contributed by atoms with Gasteiger partial charge < -0.3 is 4.74 Å². The highest BCUT2D eigenvalue weighted by Gasteiger charge is 1.98. The van der Waals surface area contributed by atoms with E-state index in [2.05, 4.69) is 13.0 Å². The molecule has 0 N–H and O–H groups in total. The van der Waals surface area contributed by atoms with Gasteiger partial charge in [0, 0.05) is 0 Å². The number of ether oxygens (including phenoxy) is 1. The molecular weight excluding hydrogens is 184 g/mol. The van der Waals surface area contributed by atoms with E-state index < -0.39 is 0 Å². The quantitative estimate of drug-likeness (QED) is 0.654. The summed E-state index contributed by atoms with van der Waals surface area (Å²) in [6.07, 6.45) is 3.49. The van der Waals surface area contributed by atoms with Crippen molar-refractivity contribution in [2.45, 2.75) is 26.2 Å². The summed E-state index contributed by atoms with van der Waals surface area (Å²) in [5, 5.41) is 0.662. The SMILES string of the molecule is CCCCCOc1c[c]ccc1Cl. The van der Waals surface area contributed by atoms with Crippen LogP contribution in [0.25, 0.3) is 0 Å². The minimum atomic E-state index is 0.662. The summed E-state index contributed by atoms with van der Waals surface area (Å²) in [7, 11) is 0. The molecule has 71 valence electrons. The summed E-state index contributed by atoms with van der Waals surface area (Å²) in [4.78, 5) is 0. The second kappa shape index (κ2) is 5.87. The molecule has 13 heavy (non-hydrogen) atoms. The summed E-state index contributed by atoms with van der Waals surface area (Å²) in [6, 6.07) is 8.27. The third-order valence-electron chi connectivity index (χ3n) is 1.78. The van der Waals surface area contributed by atoms with E-state index in [0.29, 0.717) is 5.02 Å². The van der Waals surface area contributed by atoms with Gasteiger partial charge in [-0.1, -0.05) is 37.4 Å². The lowest BCUT2D eigenvalue weighted by molar-refractivity contribution is 0.306. The van der Waals surface area contributed by atoms with Crippen LogP contribution in [0.3, 0.4) is 0 Å². The highest BCUT2D eigenvalue weighted by molar-refractivity contribution is 6.32. The Morgan fingerprint density at radius 2 is 2.31 bits per heavy atom. The van der Waals surface area contributed by atoms with Crippen molar-refractivity contribution in [2.24, 2.45) is 0 Å². The Hall–Kier alpha value is -0.690. The first-order chi connectivity index (χ1) is 6.34. The maximum absolute atomic E-state index is 5.89. The minimum Gasteiger partial charge on any atom is -0.492 e. The van der Waals surface area contributed by atoms with Crippen LogP contribution in [0.1, 0.15) is 26.2 Å². The van der Waals surface area contributed by atoms with Crippen LogP contribution in [0.5, 0.6) is 5.75 Å². The number of benzene rings is 1. The highest BCUT2D eigenvalue weighted by atomic mass is 35.5. The van der Waals surface area contributed by atoms with Crippen molar-refractivity contribution in [3.05, 3.63) is 29.3 Å². The van der Waals surface area contributed by atoms with Gasteiger partial charge in [0.25, 0.3) is 0 Å². The number of hydrogen-bond donors (Lipinski definition) is 0. The molecule has 0 aliphatic rings.